The molecular weight excluding hydrogens is 817 g/mol. The second-order valence-corrected chi connectivity index (χ2v) is 19.5. The summed E-state index contributed by atoms with van der Waals surface area (Å²) in [5.74, 6) is -0.886. The lowest BCUT2D eigenvalue weighted by Crippen LogP contribution is -2.30. The van der Waals surface area contributed by atoms with Crippen molar-refractivity contribution in [2.45, 2.75) is 316 Å². The van der Waals surface area contributed by atoms with Gasteiger partial charge < -0.3 is 14.2 Å². The molecule has 0 aliphatic heterocycles. The first-order chi connectivity index (χ1) is 32.5. The van der Waals surface area contributed by atoms with Crippen molar-refractivity contribution < 1.29 is 28.6 Å². The Morgan fingerprint density at radius 1 is 0.288 bits per heavy atom. The second-order valence-electron chi connectivity index (χ2n) is 19.5. The van der Waals surface area contributed by atoms with E-state index in [-0.39, 0.29) is 31.1 Å². The summed E-state index contributed by atoms with van der Waals surface area (Å²) in [7, 11) is 0. The van der Waals surface area contributed by atoms with Crippen molar-refractivity contribution in [2.75, 3.05) is 13.2 Å². The highest BCUT2D eigenvalue weighted by molar-refractivity contribution is 5.71. The number of hydrogen-bond donors (Lipinski definition) is 0. The third kappa shape index (κ3) is 52.6. The van der Waals surface area contributed by atoms with Gasteiger partial charge in [-0.15, -0.1) is 0 Å². The molecule has 0 aliphatic carbocycles. The minimum absolute atomic E-state index is 0.0778. The summed E-state index contributed by atoms with van der Waals surface area (Å²) in [4.78, 5) is 38.1. The van der Waals surface area contributed by atoms with Gasteiger partial charge in [-0.2, -0.15) is 0 Å². The van der Waals surface area contributed by atoms with Gasteiger partial charge in [-0.1, -0.05) is 237 Å². The molecule has 0 aliphatic rings. The van der Waals surface area contributed by atoms with Crippen LogP contribution in [0.25, 0.3) is 0 Å². The average molecular weight is 928 g/mol. The van der Waals surface area contributed by atoms with Crippen LogP contribution in [-0.4, -0.2) is 37.2 Å². The van der Waals surface area contributed by atoms with Crippen LogP contribution in [0, 0.1) is 0 Å². The van der Waals surface area contributed by atoms with Crippen LogP contribution in [0.4, 0.5) is 0 Å². The minimum atomic E-state index is -0.779. The highest BCUT2D eigenvalue weighted by Crippen LogP contribution is 2.16. The molecule has 0 heterocycles. The monoisotopic (exact) mass is 927 g/mol. The van der Waals surface area contributed by atoms with E-state index in [4.69, 9.17) is 14.2 Å². The van der Waals surface area contributed by atoms with Crippen molar-refractivity contribution in [3.63, 3.8) is 0 Å². The summed E-state index contributed by atoms with van der Waals surface area (Å²) in [5.41, 5.74) is 0. The van der Waals surface area contributed by atoms with Gasteiger partial charge >= 0.3 is 17.9 Å². The molecule has 0 fully saturated rings. The molecule has 0 aromatic carbocycles. The highest BCUT2D eigenvalue weighted by atomic mass is 16.6. The van der Waals surface area contributed by atoms with E-state index in [0.29, 0.717) is 19.3 Å². The van der Waals surface area contributed by atoms with Gasteiger partial charge in [-0.05, 0) is 89.9 Å². The van der Waals surface area contributed by atoms with Crippen molar-refractivity contribution in [3.05, 3.63) is 36.5 Å². The Bertz CT molecular complexity index is 1110. The summed E-state index contributed by atoms with van der Waals surface area (Å²) in [6.07, 6.45) is 65.7. The molecule has 0 radical (unpaired) electrons. The van der Waals surface area contributed by atoms with Crippen molar-refractivity contribution in [1.29, 1.82) is 0 Å². The van der Waals surface area contributed by atoms with E-state index in [2.05, 4.69) is 57.2 Å². The van der Waals surface area contributed by atoms with Gasteiger partial charge in [0.25, 0.3) is 0 Å². The fraction of sp³-hybridized carbons (Fsp3) is 0.850. The lowest BCUT2D eigenvalue weighted by molar-refractivity contribution is -0.167. The molecular formula is C60H110O6. The first-order valence-electron chi connectivity index (χ1n) is 29.0. The molecule has 0 spiro atoms. The Kier molecular flexibility index (Phi) is 53.2. The van der Waals surface area contributed by atoms with E-state index in [9.17, 15) is 14.4 Å². The summed E-state index contributed by atoms with van der Waals surface area (Å²) in [6, 6.07) is 0. The Morgan fingerprint density at radius 3 is 0.803 bits per heavy atom. The van der Waals surface area contributed by atoms with E-state index >= 15 is 0 Å². The Balaban J connectivity index is 4.29. The van der Waals surface area contributed by atoms with Crippen LogP contribution in [0.1, 0.15) is 310 Å². The maximum absolute atomic E-state index is 12.8. The van der Waals surface area contributed by atoms with E-state index in [1.807, 2.05) is 0 Å². The predicted octanol–water partition coefficient (Wildman–Crippen LogP) is 19.3. The smallest absolute Gasteiger partial charge is 0.306 e. The molecule has 1 atom stereocenters. The zero-order valence-electron chi connectivity index (χ0n) is 44.2. The summed E-state index contributed by atoms with van der Waals surface area (Å²) < 4.78 is 16.8. The fourth-order valence-corrected chi connectivity index (χ4v) is 8.41. The SMILES string of the molecule is CCCC/C=C\CCCCCCC(=O)OCC(COC(=O)CCCCCCCCC/C=C\CCCCCCCCCC)OC(=O)CCCCCCCCC/C=C\CCCCCCCCCC. The molecule has 0 aromatic rings. The number of esters is 3. The molecule has 0 rings (SSSR count). The average Bonchev–Trinajstić information content (AvgIpc) is 3.31. The first-order valence-corrected chi connectivity index (χ1v) is 29.0. The van der Waals surface area contributed by atoms with Gasteiger partial charge in [0.15, 0.2) is 6.10 Å². The molecule has 6 heteroatoms. The number of carbonyl (C=O) groups excluding carboxylic acids is 3. The van der Waals surface area contributed by atoms with Gasteiger partial charge in [0.2, 0.25) is 0 Å². The zero-order valence-corrected chi connectivity index (χ0v) is 44.2. The molecule has 0 aromatic heterocycles. The summed E-state index contributed by atoms with van der Waals surface area (Å²) in [6.45, 7) is 6.61. The number of allylic oxidation sites excluding steroid dienone is 6. The standard InChI is InChI=1S/C60H110O6/c1-4-7-10-13-16-19-22-24-26-28-30-32-34-36-38-41-44-47-50-53-59(62)65-56-57(55-64-58(61)52-49-46-43-40-21-18-15-12-9-6-3)66-60(63)54-51-48-45-42-39-37-35-33-31-29-27-25-23-20-17-14-11-8-5-2/h15,18,28-31,57H,4-14,16-17,19-27,32-56H2,1-3H3/b18-15-,30-28-,31-29-. The molecule has 66 heavy (non-hydrogen) atoms. The Labute approximate surface area is 410 Å². The van der Waals surface area contributed by atoms with Crippen molar-refractivity contribution in [2.24, 2.45) is 0 Å². The van der Waals surface area contributed by atoms with Crippen LogP contribution in [0.2, 0.25) is 0 Å². The van der Waals surface area contributed by atoms with Gasteiger partial charge in [0.1, 0.15) is 13.2 Å². The van der Waals surface area contributed by atoms with Gasteiger partial charge in [0, 0.05) is 19.3 Å². The van der Waals surface area contributed by atoms with Crippen molar-refractivity contribution in [1.82, 2.24) is 0 Å². The molecule has 0 N–H and O–H groups in total. The zero-order chi connectivity index (χ0) is 47.9. The number of hydrogen-bond acceptors (Lipinski definition) is 6. The largest absolute Gasteiger partial charge is 0.462 e. The van der Waals surface area contributed by atoms with Crippen LogP contribution in [0.5, 0.6) is 0 Å². The molecule has 0 saturated carbocycles. The number of carbonyl (C=O) groups is 3. The Hall–Kier alpha value is -2.37. The third-order valence-corrected chi connectivity index (χ3v) is 12.8. The normalized spacial score (nSPS) is 12.2. The second kappa shape index (κ2) is 55.2. The number of rotatable bonds is 53. The van der Waals surface area contributed by atoms with Crippen molar-refractivity contribution >= 4 is 17.9 Å². The van der Waals surface area contributed by atoms with Crippen LogP contribution in [-0.2, 0) is 28.6 Å². The van der Waals surface area contributed by atoms with E-state index in [0.717, 1.165) is 77.0 Å². The number of ether oxygens (including phenoxy) is 3. The number of unbranched alkanes of at least 4 members (excludes halogenated alkanes) is 36. The molecule has 6 nitrogen and oxygen atoms in total. The molecule has 386 valence electrons. The minimum Gasteiger partial charge on any atom is -0.462 e. The lowest BCUT2D eigenvalue weighted by atomic mass is 10.1. The molecule has 1 unspecified atom stereocenters. The lowest BCUT2D eigenvalue weighted by Gasteiger charge is -2.18. The van der Waals surface area contributed by atoms with Gasteiger partial charge in [-0.25, -0.2) is 0 Å². The van der Waals surface area contributed by atoms with Crippen molar-refractivity contribution in [3.8, 4) is 0 Å². The highest BCUT2D eigenvalue weighted by Gasteiger charge is 2.19. The van der Waals surface area contributed by atoms with Gasteiger partial charge in [-0.3, -0.25) is 14.4 Å². The molecule has 0 amide bonds. The maximum Gasteiger partial charge on any atom is 0.306 e. The van der Waals surface area contributed by atoms with E-state index in [1.165, 1.54) is 193 Å². The van der Waals surface area contributed by atoms with Gasteiger partial charge in [0.05, 0.1) is 0 Å². The first kappa shape index (κ1) is 63.6. The third-order valence-electron chi connectivity index (χ3n) is 12.8. The Morgan fingerprint density at radius 2 is 0.515 bits per heavy atom. The maximum atomic E-state index is 12.8. The fourth-order valence-electron chi connectivity index (χ4n) is 8.41. The topological polar surface area (TPSA) is 78.9 Å². The summed E-state index contributed by atoms with van der Waals surface area (Å²) >= 11 is 0. The quantitative estimate of drug-likeness (QED) is 0.0262. The van der Waals surface area contributed by atoms with Crippen LogP contribution < -0.4 is 0 Å². The van der Waals surface area contributed by atoms with Crippen LogP contribution in [0.3, 0.4) is 0 Å². The van der Waals surface area contributed by atoms with Crippen LogP contribution >= 0.6 is 0 Å². The summed E-state index contributed by atoms with van der Waals surface area (Å²) in [5, 5.41) is 0. The molecule has 0 saturated heterocycles. The van der Waals surface area contributed by atoms with E-state index in [1.54, 1.807) is 0 Å². The van der Waals surface area contributed by atoms with E-state index < -0.39 is 6.10 Å². The predicted molar refractivity (Wildman–Crippen MR) is 284 cm³/mol. The molecule has 0 bridgehead atoms. The van der Waals surface area contributed by atoms with Crippen LogP contribution in [0.15, 0.2) is 36.5 Å².